The number of hydrogen-bond donors (Lipinski definition) is 3. The van der Waals surface area contributed by atoms with Crippen LogP contribution in [-0.2, 0) is 6.42 Å². The average Bonchev–Trinajstić information content (AvgIpc) is 2.48. The van der Waals surface area contributed by atoms with E-state index in [1.54, 1.807) is 0 Å². The molecule has 2 rings (SSSR count). The van der Waals surface area contributed by atoms with Gasteiger partial charge in [0.2, 0.25) is 0 Å². The fourth-order valence-corrected chi connectivity index (χ4v) is 2.88. The number of aryl methyl sites for hydroxylation is 1. The lowest BCUT2D eigenvalue weighted by molar-refractivity contribution is 0.345. The molecule has 0 radical (unpaired) electrons. The second-order valence-corrected chi connectivity index (χ2v) is 5.67. The Bertz CT molecular complexity index is 401. The Morgan fingerprint density at radius 1 is 1.20 bits per heavy atom. The molecule has 112 valence electrons. The Morgan fingerprint density at radius 3 is 2.65 bits per heavy atom. The number of nitrogens with two attached hydrogens (primary N) is 1. The third kappa shape index (κ3) is 4.63. The van der Waals surface area contributed by atoms with Gasteiger partial charge in [-0.05, 0) is 18.8 Å². The van der Waals surface area contributed by atoms with Crippen LogP contribution >= 0.6 is 0 Å². The molecule has 1 fully saturated rings. The fraction of sp³-hybridized carbons (Fsp3) is 0.733. The molecule has 1 aliphatic carbocycles. The molecule has 0 saturated heterocycles. The quantitative estimate of drug-likeness (QED) is 0.527. The molecule has 1 aromatic rings. The summed E-state index contributed by atoms with van der Waals surface area (Å²) in [5, 5.41) is 3.42. The van der Waals surface area contributed by atoms with Gasteiger partial charge in [0, 0.05) is 19.0 Å². The van der Waals surface area contributed by atoms with Crippen LogP contribution in [0.4, 0.5) is 11.6 Å². The first-order valence-corrected chi connectivity index (χ1v) is 7.90. The molecule has 1 heterocycles. The molecule has 5 heteroatoms. The summed E-state index contributed by atoms with van der Waals surface area (Å²) in [6, 6.07) is 1.88. The predicted octanol–water partition coefficient (Wildman–Crippen LogP) is 3.10. The first-order valence-electron chi connectivity index (χ1n) is 7.90. The highest BCUT2D eigenvalue weighted by Crippen LogP contribution is 2.26. The molecule has 0 amide bonds. The van der Waals surface area contributed by atoms with Crippen LogP contribution in [-0.4, -0.2) is 16.5 Å². The Labute approximate surface area is 121 Å². The van der Waals surface area contributed by atoms with Crippen LogP contribution in [0.1, 0.15) is 57.7 Å². The average molecular weight is 277 g/mol. The summed E-state index contributed by atoms with van der Waals surface area (Å²) in [7, 11) is 0. The third-order valence-corrected chi connectivity index (χ3v) is 3.98. The second-order valence-electron chi connectivity index (χ2n) is 5.67. The van der Waals surface area contributed by atoms with Gasteiger partial charge in [0.15, 0.2) is 0 Å². The van der Waals surface area contributed by atoms with Gasteiger partial charge in [-0.15, -0.1) is 0 Å². The van der Waals surface area contributed by atoms with Gasteiger partial charge in [0.1, 0.15) is 17.5 Å². The van der Waals surface area contributed by atoms with Crippen molar-refractivity contribution in [2.45, 2.75) is 58.3 Å². The fourth-order valence-electron chi connectivity index (χ4n) is 2.88. The number of nitrogens with zero attached hydrogens (tertiary/aromatic N) is 2. The monoisotopic (exact) mass is 277 g/mol. The molecule has 1 aliphatic rings. The van der Waals surface area contributed by atoms with E-state index in [9.17, 15) is 0 Å². The largest absolute Gasteiger partial charge is 0.370 e. The highest BCUT2D eigenvalue weighted by atomic mass is 15.3. The topological polar surface area (TPSA) is 75.9 Å². The molecule has 20 heavy (non-hydrogen) atoms. The number of anilines is 2. The standard InChI is InChI=1S/C15H27N5/c1-2-6-13-18-14(11-15(19-13)20-16)17-10-9-12-7-4-3-5-8-12/h11-12H,2-10,16H2,1H3,(H2,17,18,19,20). The van der Waals surface area contributed by atoms with Crippen LogP contribution in [0, 0.1) is 5.92 Å². The van der Waals surface area contributed by atoms with Crippen LogP contribution in [0.2, 0.25) is 0 Å². The lowest BCUT2D eigenvalue weighted by Gasteiger charge is -2.21. The lowest BCUT2D eigenvalue weighted by atomic mass is 9.87. The minimum atomic E-state index is 0.684. The van der Waals surface area contributed by atoms with E-state index in [2.05, 4.69) is 27.6 Å². The number of aromatic nitrogens is 2. The molecule has 0 bridgehead atoms. The molecular formula is C15H27N5. The molecule has 0 atom stereocenters. The Kier molecular flexibility index (Phi) is 6.05. The van der Waals surface area contributed by atoms with Gasteiger partial charge in [-0.1, -0.05) is 39.0 Å². The minimum Gasteiger partial charge on any atom is -0.370 e. The van der Waals surface area contributed by atoms with Gasteiger partial charge in [-0.3, -0.25) is 0 Å². The minimum absolute atomic E-state index is 0.684. The molecule has 5 nitrogen and oxygen atoms in total. The zero-order chi connectivity index (χ0) is 14.2. The van der Waals surface area contributed by atoms with Crippen LogP contribution in [0.25, 0.3) is 0 Å². The Morgan fingerprint density at radius 2 is 1.95 bits per heavy atom. The predicted molar refractivity (Wildman–Crippen MR) is 83.5 cm³/mol. The third-order valence-electron chi connectivity index (χ3n) is 3.98. The van der Waals surface area contributed by atoms with E-state index in [1.165, 1.54) is 38.5 Å². The van der Waals surface area contributed by atoms with Crippen LogP contribution < -0.4 is 16.6 Å². The summed E-state index contributed by atoms with van der Waals surface area (Å²) in [4.78, 5) is 8.89. The summed E-state index contributed by atoms with van der Waals surface area (Å²) >= 11 is 0. The maximum atomic E-state index is 5.46. The number of nitrogen functional groups attached to an aromatic ring is 1. The molecular weight excluding hydrogens is 250 g/mol. The smallest absolute Gasteiger partial charge is 0.145 e. The molecule has 0 aliphatic heterocycles. The summed E-state index contributed by atoms with van der Waals surface area (Å²) < 4.78 is 0. The molecule has 1 aromatic heterocycles. The van der Waals surface area contributed by atoms with E-state index >= 15 is 0 Å². The van der Waals surface area contributed by atoms with Crippen molar-refractivity contribution >= 4 is 11.6 Å². The number of hydrogen-bond acceptors (Lipinski definition) is 5. The number of rotatable bonds is 7. The van der Waals surface area contributed by atoms with Gasteiger partial charge in [0.05, 0.1) is 0 Å². The SMILES string of the molecule is CCCc1nc(NN)cc(NCCC2CCCCC2)n1. The second kappa shape index (κ2) is 8.04. The summed E-state index contributed by atoms with van der Waals surface area (Å²) in [5.74, 6) is 8.77. The van der Waals surface area contributed by atoms with Crippen molar-refractivity contribution in [3.05, 3.63) is 11.9 Å². The molecule has 0 unspecified atom stereocenters. The summed E-state index contributed by atoms with van der Waals surface area (Å²) in [5.41, 5.74) is 2.61. The van der Waals surface area contributed by atoms with E-state index in [1.807, 2.05) is 6.07 Å². The van der Waals surface area contributed by atoms with Crippen molar-refractivity contribution < 1.29 is 0 Å². The van der Waals surface area contributed by atoms with Gasteiger partial charge < -0.3 is 10.7 Å². The maximum Gasteiger partial charge on any atom is 0.145 e. The zero-order valence-electron chi connectivity index (χ0n) is 12.5. The van der Waals surface area contributed by atoms with Crippen molar-refractivity contribution in [1.29, 1.82) is 0 Å². The van der Waals surface area contributed by atoms with Crippen LogP contribution in [0.15, 0.2) is 6.07 Å². The van der Waals surface area contributed by atoms with Crippen molar-refractivity contribution in [2.75, 3.05) is 17.3 Å². The highest BCUT2D eigenvalue weighted by molar-refractivity contribution is 5.46. The molecule has 1 saturated carbocycles. The van der Waals surface area contributed by atoms with Crippen molar-refractivity contribution in [3.8, 4) is 0 Å². The Balaban J connectivity index is 1.85. The van der Waals surface area contributed by atoms with E-state index in [0.29, 0.717) is 5.82 Å². The molecule has 0 aromatic carbocycles. The first kappa shape index (κ1) is 15.0. The summed E-state index contributed by atoms with van der Waals surface area (Å²) in [6.45, 7) is 3.11. The lowest BCUT2D eigenvalue weighted by Crippen LogP contribution is -2.15. The number of hydrazine groups is 1. The van der Waals surface area contributed by atoms with E-state index in [4.69, 9.17) is 5.84 Å². The van der Waals surface area contributed by atoms with Crippen molar-refractivity contribution in [3.63, 3.8) is 0 Å². The van der Waals surface area contributed by atoms with Gasteiger partial charge in [0.25, 0.3) is 0 Å². The first-order chi connectivity index (χ1) is 9.81. The maximum absolute atomic E-state index is 5.46. The van der Waals surface area contributed by atoms with Gasteiger partial charge in [-0.25, -0.2) is 15.8 Å². The van der Waals surface area contributed by atoms with E-state index in [-0.39, 0.29) is 0 Å². The zero-order valence-corrected chi connectivity index (χ0v) is 12.5. The van der Waals surface area contributed by atoms with Crippen molar-refractivity contribution in [1.82, 2.24) is 9.97 Å². The van der Waals surface area contributed by atoms with E-state index in [0.717, 1.165) is 36.9 Å². The van der Waals surface area contributed by atoms with Gasteiger partial charge in [-0.2, -0.15) is 0 Å². The van der Waals surface area contributed by atoms with Crippen LogP contribution in [0.3, 0.4) is 0 Å². The van der Waals surface area contributed by atoms with Crippen LogP contribution in [0.5, 0.6) is 0 Å². The molecule has 0 spiro atoms. The van der Waals surface area contributed by atoms with Crippen molar-refractivity contribution in [2.24, 2.45) is 11.8 Å². The Hall–Kier alpha value is -1.36. The van der Waals surface area contributed by atoms with E-state index < -0.39 is 0 Å². The van der Waals surface area contributed by atoms with Gasteiger partial charge >= 0.3 is 0 Å². The highest BCUT2D eigenvalue weighted by Gasteiger charge is 2.13. The molecule has 4 N–H and O–H groups in total. The number of nitrogens with one attached hydrogen (secondary N) is 2. The summed E-state index contributed by atoms with van der Waals surface area (Å²) in [6.07, 6.45) is 10.2. The normalized spacial score (nSPS) is 16.1.